The van der Waals surface area contributed by atoms with Crippen molar-refractivity contribution < 1.29 is 9.53 Å². The third-order valence-corrected chi connectivity index (χ3v) is 3.85. The van der Waals surface area contributed by atoms with Crippen LogP contribution in [0.2, 0.25) is 0 Å². The van der Waals surface area contributed by atoms with E-state index in [0.717, 1.165) is 17.9 Å². The van der Waals surface area contributed by atoms with Crippen LogP contribution in [-0.2, 0) is 11.3 Å². The summed E-state index contributed by atoms with van der Waals surface area (Å²) in [5.41, 5.74) is 2.38. The predicted octanol–water partition coefficient (Wildman–Crippen LogP) is 2.15. The highest BCUT2D eigenvalue weighted by Crippen LogP contribution is 2.18. The summed E-state index contributed by atoms with van der Waals surface area (Å²) < 4.78 is 6.59. The van der Waals surface area contributed by atoms with Crippen molar-refractivity contribution in [2.24, 2.45) is 0 Å². The Morgan fingerprint density at radius 3 is 2.95 bits per heavy atom. The van der Waals surface area contributed by atoms with Crippen molar-refractivity contribution in [3.8, 4) is 0 Å². The van der Waals surface area contributed by atoms with Gasteiger partial charge in [-0.1, -0.05) is 12.8 Å². The van der Waals surface area contributed by atoms with E-state index in [-0.39, 0.29) is 5.97 Å². The predicted molar refractivity (Wildman–Crippen MR) is 75.6 cm³/mol. The highest BCUT2D eigenvalue weighted by molar-refractivity contribution is 5.89. The lowest BCUT2D eigenvalue weighted by Gasteiger charge is -2.09. The Balaban J connectivity index is 1.74. The van der Waals surface area contributed by atoms with E-state index in [2.05, 4.69) is 10.3 Å². The number of pyridine rings is 1. The van der Waals surface area contributed by atoms with Gasteiger partial charge in [0.05, 0.1) is 18.4 Å². The second kappa shape index (κ2) is 5.63. The maximum Gasteiger partial charge on any atom is 0.339 e. The van der Waals surface area contributed by atoms with Gasteiger partial charge in [-0.05, 0) is 25.0 Å². The first-order valence-corrected chi connectivity index (χ1v) is 7.05. The topological polar surface area (TPSA) is 55.6 Å². The van der Waals surface area contributed by atoms with Gasteiger partial charge in [0.15, 0.2) is 0 Å². The van der Waals surface area contributed by atoms with Crippen LogP contribution < -0.4 is 5.32 Å². The van der Waals surface area contributed by atoms with Crippen molar-refractivity contribution in [1.29, 1.82) is 0 Å². The van der Waals surface area contributed by atoms with Gasteiger partial charge in [0.1, 0.15) is 5.65 Å². The van der Waals surface area contributed by atoms with E-state index in [1.54, 1.807) is 12.3 Å². The molecule has 106 valence electrons. The first kappa shape index (κ1) is 13.1. The summed E-state index contributed by atoms with van der Waals surface area (Å²) in [6, 6.07) is 4.21. The highest BCUT2D eigenvalue weighted by Gasteiger charge is 2.14. The Bertz CT molecular complexity index is 615. The minimum atomic E-state index is -0.328. The standard InChI is InChI=1S/C15H19N3O2/c1-20-15(19)11-6-7-14-17-13(10-18(14)9-11)8-16-12-4-2-3-5-12/h6-7,9-10,12,16H,2-5,8H2,1H3. The molecule has 0 radical (unpaired) electrons. The van der Waals surface area contributed by atoms with Crippen molar-refractivity contribution in [1.82, 2.24) is 14.7 Å². The molecule has 0 atom stereocenters. The summed E-state index contributed by atoms with van der Waals surface area (Å²) in [6.45, 7) is 0.778. The molecule has 0 bridgehead atoms. The summed E-state index contributed by atoms with van der Waals surface area (Å²) in [7, 11) is 1.39. The number of nitrogens with one attached hydrogen (secondary N) is 1. The number of aromatic nitrogens is 2. The minimum Gasteiger partial charge on any atom is -0.465 e. The van der Waals surface area contributed by atoms with Crippen molar-refractivity contribution in [3.05, 3.63) is 35.8 Å². The Labute approximate surface area is 118 Å². The summed E-state index contributed by atoms with van der Waals surface area (Å²) >= 11 is 0. The number of ether oxygens (including phenoxy) is 1. The molecule has 3 rings (SSSR count). The normalized spacial score (nSPS) is 15.8. The third-order valence-electron chi connectivity index (χ3n) is 3.85. The number of fused-ring (bicyclic) bond motifs is 1. The first-order valence-electron chi connectivity index (χ1n) is 7.05. The van der Waals surface area contributed by atoms with Gasteiger partial charge < -0.3 is 14.5 Å². The maximum atomic E-state index is 11.5. The van der Waals surface area contributed by atoms with Crippen LogP contribution in [0.3, 0.4) is 0 Å². The summed E-state index contributed by atoms with van der Waals surface area (Å²) in [4.78, 5) is 16.0. The molecule has 5 heteroatoms. The zero-order valence-corrected chi connectivity index (χ0v) is 11.6. The quantitative estimate of drug-likeness (QED) is 0.867. The molecule has 2 heterocycles. The van der Waals surface area contributed by atoms with Gasteiger partial charge in [-0.3, -0.25) is 0 Å². The van der Waals surface area contributed by atoms with Gasteiger partial charge in [-0.15, -0.1) is 0 Å². The second-order valence-electron chi connectivity index (χ2n) is 5.27. The van der Waals surface area contributed by atoms with Crippen LogP contribution in [0.5, 0.6) is 0 Å². The summed E-state index contributed by atoms with van der Waals surface area (Å²) in [6.07, 6.45) is 8.90. The smallest absolute Gasteiger partial charge is 0.339 e. The lowest BCUT2D eigenvalue weighted by Crippen LogP contribution is -2.25. The number of carbonyl (C=O) groups is 1. The number of esters is 1. The first-order chi connectivity index (χ1) is 9.76. The zero-order chi connectivity index (χ0) is 13.9. The number of rotatable bonds is 4. The number of hydrogen-bond donors (Lipinski definition) is 1. The van der Waals surface area contributed by atoms with Gasteiger partial charge in [0.2, 0.25) is 0 Å². The van der Waals surface area contributed by atoms with Gasteiger partial charge in [0.25, 0.3) is 0 Å². The SMILES string of the molecule is COC(=O)c1ccc2nc(CNC3CCCC3)cn2c1. The van der Waals surface area contributed by atoms with E-state index in [9.17, 15) is 4.79 Å². The van der Waals surface area contributed by atoms with Crippen molar-refractivity contribution in [3.63, 3.8) is 0 Å². The average Bonchev–Trinajstić information content (AvgIpc) is 3.12. The maximum absolute atomic E-state index is 11.5. The molecule has 2 aromatic heterocycles. The Kier molecular flexibility index (Phi) is 3.69. The zero-order valence-electron chi connectivity index (χ0n) is 11.6. The van der Waals surface area contributed by atoms with Crippen LogP contribution >= 0.6 is 0 Å². The number of carbonyl (C=O) groups excluding carboxylic acids is 1. The van der Waals surface area contributed by atoms with Crippen LogP contribution in [0.1, 0.15) is 41.7 Å². The second-order valence-corrected chi connectivity index (χ2v) is 5.27. The number of imidazole rings is 1. The molecule has 1 aliphatic carbocycles. The van der Waals surface area contributed by atoms with Crippen LogP contribution in [0.25, 0.3) is 5.65 Å². The van der Waals surface area contributed by atoms with Gasteiger partial charge in [-0.2, -0.15) is 0 Å². The molecule has 0 aliphatic heterocycles. The Morgan fingerprint density at radius 1 is 1.40 bits per heavy atom. The number of nitrogens with zero attached hydrogens (tertiary/aromatic N) is 2. The number of hydrogen-bond acceptors (Lipinski definition) is 4. The molecule has 0 spiro atoms. The molecular formula is C15H19N3O2. The monoisotopic (exact) mass is 273 g/mol. The van der Waals surface area contributed by atoms with E-state index in [1.165, 1.54) is 32.8 Å². The number of methoxy groups -OCH3 is 1. The van der Waals surface area contributed by atoms with Gasteiger partial charge in [0, 0.05) is 25.0 Å². The lowest BCUT2D eigenvalue weighted by molar-refractivity contribution is 0.0600. The van der Waals surface area contributed by atoms with Crippen LogP contribution in [0.4, 0.5) is 0 Å². The molecule has 0 amide bonds. The fourth-order valence-electron chi connectivity index (χ4n) is 2.75. The molecule has 20 heavy (non-hydrogen) atoms. The van der Waals surface area contributed by atoms with E-state index in [4.69, 9.17) is 4.74 Å². The van der Waals surface area contributed by atoms with Gasteiger partial charge in [-0.25, -0.2) is 9.78 Å². The molecule has 1 saturated carbocycles. The van der Waals surface area contributed by atoms with Crippen LogP contribution in [0, 0.1) is 0 Å². The molecule has 5 nitrogen and oxygen atoms in total. The third kappa shape index (κ3) is 2.67. The fourth-order valence-corrected chi connectivity index (χ4v) is 2.75. The van der Waals surface area contributed by atoms with Crippen LogP contribution in [-0.4, -0.2) is 28.5 Å². The molecule has 2 aromatic rings. The van der Waals surface area contributed by atoms with Crippen molar-refractivity contribution in [2.75, 3.05) is 7.11 Å². The van der Waals surface area contributed by atoms with E-state index in [1.807, 2.05) is 16.7 Å². The Morgan fingerprint density at radius 2 is 2.20 bits per heavy atom. The molecule has 0 unspecified atom stereocenters. The van der Waals surface area contributed by atoms with Crippen molar-refractivity contribution in [2.45, 2.75) is 38.3 Å². The fraction of sp³-hybridized carbons (Fsp3) is 0.467. The van der Waals surface area contributed by atoms with Gasteiger partial charge >= 0.3 is 5.97 Å². The summed E-state index contributed by atoms with van der Waals surface area (Å²) in [5.74, 6) is -0.328. The molecule has 1 N–H and O–H groups in total. The van der Waals surface area contributed by atoms with Crippen LogP contribution in [0.15, 0.2) is 24.5 Å². The molecule has 1 fully saturated rings. The molecule has 0 saturated heterocycles. The van der Waals surface area contributed by atoms with E-state index < -0.39 is 0 Å². The largest absolute Gasteiger partial charge is 0.465 e. The summed E-state index contributed by atoms with van der Waals surface area (Å²) in [5, 5.41) is 3.54. The average molecular weight is 273 g/mol. The lowest BCUT2D eigenvalue weighted by atomic mass is 10.2. The van der Waals surface area contributed by atoms with Crippen molar-refractivity contribution >= 4 is 11.6 Å². The van der Waals surface area contributed by atoms with E-state index in [0.29, 0.717) is 11.6 Å². The minimum absolute atomic E-state index is 0.328. The highest BCUT2D eigenvalue weighted by atomic mass is 16.5. The molecule has 1 aliphatic rings. The molecule has 0 aromatic carbocycles. The van der Waals surface area contributed by atoms with E-state index >= 15 is 0 Å². The molecular weight excluding hydrogens is 254 g/mol. The Hall–Kier alpha value is -1.88.